The molecule has 0 aromatic carbocycles. The van der Waals surface area contributed by atoms with Gasteiger partial charge in [0.25, 0.3) is 0 Å². The summed E-state index contributed by atoms with van der Waals surface area (Å²) in [5.41, 5.74) is 0. The number of carbonyl (C=O) groups is 1. The van der Waals surface area contributed by atoms with E-state index in [1.165, 1.54) is 6.92 Å². The number of halogens is 2. The van der Waals surface area contributed by atoms with Gasteiger partial charge in [-0.3, -0.25) is 4.79 Å². The number of ether oxygens (including phenoxy) is 1. The van der Waals surface area contributed by atoms with Gasteiger partial charge >= 0.3 is 5.97 Å². The van der Waals surface area contributed by atoms with Gasteiger partial charge in [0.1, 0.15) is 6.61 Å². The van der Waals surface area contributed by atoms with Gasteiger partial charge < -0.3 is 4.74 Å². The average Bonchev–Trinajstić information content (AvgIpc) is 2.42. The zero-order valence-electron chi connectivity index (χ0n) is 12.9. The molecule has 1 unspecified atom stereocenters. The largest absolute Gasteiger partial charge is 0.465 e. The normalized spacial score (nSPS) is 13.2. The van der Waals surface area contributed by atoms with E-state index in [4.69, 9.17) is 4.74 Å². The van der Waals surface area contributed by atoms with Crippen molar-refractivity contribution >= 4 is 17.7 Å². The molecule has 120 valence electrons. The van der Waals surface area contributed by atoms with Gasteiger partial charge in [-0.25, -0.2) is 8.78 Å². The van der Waals surface area contributed by atoms with E-state index in [2.05, 4.69) is 6.92 Å². The first-order valence-corrected chi connectivity index (χ1v) is 8.61. The molecular weight excluding hydrogens is 282 g/mol. The molecule has 0 aromatic heterocycles. The zero-order valence-corrected chi connectivity index (χ0v) is 13.7. The standard InChI is InChI=1S/C15H28F2O2S/c1-4-6-7-9-14(18)19-12-13(3)20-11-8-10-15(16,17)5-2/h13H,4-12H2,1-3H3. The third-order valence-corrected chi connectivity index (χ3v) is 4.30. The lowest BCUT2D eigenvalue weighted by atomic mass is 10.1. The molecule has 5 heteroatoms. The molecule has 0 aliphatic carbocycles. The fraction of sp³-hybridized carbons (Fsp3) is 0.933. The van der Waals surface area contributed by atoms with Crippen LogP contribution in [0.2, 0.25) is 0 Å². The SMILES string of the molecule is CCCCCC(=O)OCC(C)SCCCC(F)(F)CC. The Bertz CT molecular complexity index is 260. The lowest BCUT2D eigenvalue weighted by Gasteiger charge is -2.15. The molecule has 2 nitrogen and oxygen atoms in total. The van der Waals surface area contributed by atoms with E-state index in [9.17, 15) is 13.6 Å². The molecule has 0 bridgehead atoms. The molecule has 0 N–H and O–H groups in total. The minimum absolute atomic E-state index is 0.0555. The summed E-state index contributed by atoms with van der Waals surface area (Å²) in [7, 11) is 0. The van der Waals surface area contributed by atoms with Crippen LogP contribution >= 0.6 is 11.8 Å². The third-order valence-electron chi connectivity index (χ3n) is 3.07. The molecule has 0 saturated carbocycles. The molecule has 0 aliphatic rings. The number of thioether (sulfide) groups is 1. The Morgan fingerprint density at radius 2 is 1.95 bits per heavy atom. The number of rotatable bonds is 12. The summed E-state index contributed by atoms with van der Waals surface area (Å²) < 4.78 is 31.2. The van der Waals surface area contributed by atoms with Gasteiger partial charge in [-0.05, 0) is 25.5 Å². The van der Waals surface area contributed by atoms with Crippen molar-refractivity contribution in [1.29, 1.82) is 0 Å². The van der Waals surface area contributed by atoms with Crippen LogP contribution in [-0.2, 0) is 9.53 Å². The Kier molecular flexibility index (Phi) is 11.2. The maximum atomic E-state index is 13.0. The molecular formula is C15H28F2O2S. The molecule has 0 heterocycles. The van der Waals surface area contributed by atoms with Crippen LogP contribution in [-0.4, -0.2) is 29.5 Å². The minimum Gasteiger partial charge on any atom is -0.465 e. The fourth-order valence-corrected chi connectivity index (χ4v) is 2.52. The van der Waals surface area contributed by atoms with Crippen LogP contribution < -0.4 is 0 Å². The van der Waals surface area contributed by atoms with Crippen LogP contribution in [0, 0.1) is 0 Å². The van der Waals surface area contributed by atoms with Crippen LogP contribution in [0.5, 0.6) is 0 Å². The molecule has 0 spiro atoms. The highest BCUT2D eigenvalue weighted by Gasteiger charge is 2.24. The summed E-state index contributed by atoms with van der Waals surface area (Å²) in [5.74, 6) is -2.00. The van der Waals surface area contributed by atoms with Crippen molar-refractivity contribution in [3.8, 4) is 0 Å². The van der Waals surface area contributed by atoms with Gasteiger partial charge in [-0.2, -0.15) is 11.8 Å². The van der Waals surface area contributed by atoms with Gasteiger partial charge in [-0.15, -0.1) is 0 Å². The summed E-state index contributed by atoms with van der Waals surface area (Å²) in [5, 5.41) is 0.167. The monoisotopic (exact) mass is 310 g/mol. The Morgan fingerprint density at radius 1 is 1.25 bits per heavy atom. The summed E-state index contributed by atoms with van der Waals surface area (Å²) in [6.07, 6.45) is 3.84. The Labute approximate surface area is 126 Å². The van der Waals surface area contributed by atoms with Crippen molar-refractivity contribution < 1.29 is 18.3 Å². The Hall–Kier alpha value is -0.320. The Morgan fingerprint density at radius 3 is 2.55 bits per heavy atom. The predicted molar refractivity (Wildman–Crippen MR) is 81.5 cm³/mol. The molecule has 0 aromatic rings. The highest BCUT2D eigenvalue weighted by atomic mass is 32.2. The number of hydrogen-bond acceptors (Lipinski definition) is 3. The highest BCUT2D eigenvalue weighted by molar-refractivity contribution is 7.99. The van der Waals surface area contributed by atoms with Crippen molar-refractivity contribution in [2.75, 3.05) is 12.4 Å². The maximum absolute atomic E-state index is 13.0. The van der Waals surface area contributed by atoms with E-state index >= 15 is 0 Å². The first kappa shape index (κ1) is 19.7. The third kappa shape index (κ3) is 11.5. The molecule has 0 saturated heterocycles. The number of hydrogen-bond donors (Lipinski definition) is 0. The average molecular weight is 310 g/mol. The summed E-state index contributed by atoms with van der Waals surface area (Å²) in [6, 6.07) is 0. The van der Waals surface area contributed by atoms with Crippen molar-refractivity contribution in [3.63, 3.8) is 0 Å². The molecule has 0 aliphatic heterocycles. The van der Waals surface area contributed by atoms with Crippen LogP contribution in [0.1, 0.15) is 65.7 Å². The van der Waals surface area contributed by atoms with E-state index < -0.39 is 5.92 Å². The van der Waals surface area contributed by atoms with Crippen LogP contribution in [0.25, 0.3) is 0 Å². The van der Waals surface area contributed by atoms with Crippen LogP contribution in [0.15, 0.2) is 0 Å². The minimum atomic E-state index is -2.53. The molecule has 0 radical (unpaired) electrons. The van der Waals surface area contributed by atoms with Crippen LogP contribution in [0.4, 0.5) is 8.78 Å². The van der Waals surface area contributed by atoms with Gasteiger partial charge in [-0.1, -0.05) is 26.7 Å². The molecule has 0 amide bonds. The predicted octanol–water partition coefficient (Wildman–Crippen LogP) is 5.06. The van der Waals surface area contributed by atoms with Crippen molar-refractivity contribution in [2.24, 2.45) is 0 Å². The number of alkyl halides is 2. The van der Waals surface area contributed by atoms with Crippen LogP contribution in [0.3, 0.4) is 0 Å². The maximum Gasteiger partial charge on any atom is 0.305 e. The first-order valence-electron chi connectivity index (χ1n) is 7.56. The van der Waals surface area contributed by atoms with E-state index in [0.29, 0.717) is 25.2 Å². The summed E-state index contributed by atoms with van der Waals surface area (Å²) in [6.45, 7) is 5.93. The number of esters is 1. The number of unbranched alkanes of at least 4 members (excludes halogenated alkanes) is 2. The molecule has 1 atom stereocenters. The van der Waals surface area contributed by atoms with Gasteiger partial charge in [0.05, 0.1) is 0 Å². The van der Waals surface area contributed by atoms with E-state index in [0.717, 1.165) is 19.3 Å². The highest BCUT2D eigenvalue weighted by Crippen LogP contribution is 2.25. The van der Waals surface area contributed by atoms with E-state index in [1.807, 2.05) is 6.92 Å². The second-order valence-corrected chi connectivity index (χ2v) is 6.68. The zero-order chi connectivity index (χ0) is 15.4. The van der Waals surface area contributed by atoms with E-state index in [-0.39, 0.29) is 24.1 Å². The first-order chi connectivity index (χ1) is 9.41. The van der Waals surface area contributed by atoms with Gasteiger partial charge in [0.15, 0.2) is 0 Å². The molecule has 0 fully saturated rings. The Balaban J connectivity index is 3.54. The van der Waals surface area contributed by atoms with Crippen molar-refractivity contribution in [2.45, 2.75) is 76.9 Å². The summed E-state index contributed by atoms with van der Waals surface area (Å²) >= 11 is 1.59. The lowest BCUT2D eigenvalue weighted by molar-refractivity contribution is -0.143. The van der Waals surface area contributed by atoms with Crippen molar-refractivity contribution in [1.82, 2.24) is 0 Å². The lowest BCUT2D eigenvalue weighted by Crippen LogP contribution is -2.16. The smallest absolute Gasteiger partial charge is 0.305 e. The second-order valence-electron chi connectivity index (χ2n) is 5.13. The van der Waals surface area contributed by atoms with E-state index in [1.54, 1.807) is 11.8 Å². The van der Waals surface area contributed by atoms with Crippen molar-refractivity contribution in [3.05, 3.63) is 0 Å². The topological polar surface area (TPSA) is 26.3 Å². The second kappa shape index (κ2) is 11.4. The molecule has 20 heavy (non-hydrogen) atoms. The quantitative estimate of drug-likeness (QED) is 0.372. The molecule has 0 rings (SSSR count). The van der Waals surface area contributed by atoms with Gasteiger partial charge in [0.2, 0.25) is 5.92 Å². The summed E-state index contributed by atoms with van der Waals surface area (Å²) in [4.78, 5) is 11.4. The fourth-order valence-electron chi connectivity index (χ4n) is 1.64. The number of carbonyl (C=O) groups excluding carboxylic acids is 1. The van der Waals surface area contributed by atoms with Gasteiger partial charge in [0, 0.05) is 24.5 Å².